The van der Waals surface area contributed by atoms with Crippen molar-refractivity contribution in [3.05, 3.63) is 59.8 Å². The number of amides is 1. The molecule has 0 radical (unpaired) electrons. The number of nitrogens with zero attached hydrogens (tertiary/aromatic N) is 3. The van der Waals surface area contributed by atoms with Gasteiger partial charge in [-0.2, -0.15) is 0 Å². The minimum absolute atomic E-state index is 0.0491. The van der Waals surface area contributed by atoms with Crippen molar-refractivity contribution in [1.29, 1.82) is 0 Å². The summed E-state index contributed by atoms with van der Waals surface area (Å²) in [5.41, 5.74) is 4.99. The molecule has 3 aromatic rings. The van der Waals surface area contributed by atoms with Gasteiger partial charge in [-0.3, -0.25) is 9.78 Å². The predicted molar refractivity (Wildman–Crippen MR) is 109 cm³/mol. The van der Waals surface area contributed by atoms with Crippen molar-refractivity contribution in [1.82, 2.24) is 9.97 Å². The highest BCUT2D eigenvalue weighted by Crippen LogP contribution is 2.25. The summed E-state index contributed by atoms with van der Waals surface area (Å²) in [5.74, 6) is 0.881. The van der Waals surface area contributed by atoms with E-state index in [9.17, 15) is 4.79 Å². The minimum Gasteiger partial charge on any atom is -0.355 e. The molecule has 1 saturated heterocycles. The maximum absolute atomic E-state index is 12.8. The second-order valence-corrected chi connectivity index (χ2v) is 7.24. The molecule has 1 aliphatic heterocycles. The summed E-state index contributed by atoms with van der Waals surface area (Å²) in [6.07, 6.45) is 3.68. The molecule has 27 heavy (non-hydrogen) atoms. The molecule has 4 rings (SSSR count). The van der Waals surface area contributed by atoms with Crippen molar-refractivity contribution in [2.24, 2.45) is 5.92 Å². The Balaban J connectivity index is 1.50. The molecule has 0 aliphatic carbocycles. The Kier molecular flexibility index (Phi) is 4.75. The Morgan fingerprint density at radius 1 is 1.11 bits per heavy atom. The molecule has 0 unspecified atom stereocenters. The fourth-order valence-corrected chi connectivity index (χ4v) is 3.62. The fraction of sp³-hybridized carbons (Fsp3) is 0.318. The highest BCUT2D eigenvalue weighted by molar-refractivity contribution is 5.94. The Morgan fingerprint density at radius 3 is 2.78 bits per heavy atom. The van der Waals surface area contributed by atoms with E-state index in [1.807, 2.05) is 49.5 Å². The van der Waals surface area contributed by atoms with E-state index in [0.717, 1.165) is 47.5 Å². The van der Waals surface area contributed by atoms with Gasteiger partial charge in [0.05, 0.1) is 23.1 Å². The van der Waals surface area contributed by atoms with Gasteiger partial charge in [0.15, 0.2) is 0 Å². The molecule has 1 fully saturated rings. The molecular formula is C22H24N4O. The number of carbonyl (C=O) groups is 1. The van der Waals surface area contributed by atoms with Crippen LogP contribution in [0.3, 0.4) is 0 Å². The summed E-state index contributed by atoms with van der Waals surface area (Å²) in [5, 5.41) is 3.12. The van der Waals surface area contributed by atoms with Crippen LogP contribution >= 0.6 is 0 Å². The largest absolute Gasteiger partial charge is 0.355 e. The van der Waals surface area contributed by atoms with Crippen molar-refractivity contribution < 1.29 is 4.79 Å². The van der Waals surface area contributed by atoms with Crippen molar-refractivity contribution >= 4 is 28.4 Å². The third-order valence-electron chi connectivity index (χ3n) is 5.41. The number of nitrogens with one attached hydrogen (secondary N) is 1. The van der Waals surface area contributed by atoms with Crippen LogP contribution in [0.15, 0.2) is 48.7 Å². The van der Waals surface area contributed by atoms with Gasteiger partial charge in [-0.1, -0.05) is 24.3 Å². The molecular weight excluding hydrogens is 336 g/mol. The molecule has 0 bridgehead atoms. The lowest BCUT2D eigenvalue weighted by atomic mass is 9.96. The number of rotatable bonds is 3. The Hall–Kier alpha value is -2.95. The first-order valence-electron chi connectivity index (χ1n) is 9.45. The maximum Gasteiger partial charge on any atom is 0.229 e. The van der Waals surface area contributed by atoms with Crippen LogP contribution in [0.25, 0.3) is 11.0 Å². The highest BCUT2D eigenvalue weighted by Gasteiger charge is 2.27. The van der Waals surface area contributed by atoms with Crippen LogP contribution < -0.4 is 10.2 Å². The van der Waals surface area contributed by atoms with Gasteiger partial charge in [0, 0.05) is 18.8 Å². The van der Waals surface area contributed by atoms with Gasteiger partial charge in [0.2, 0.25) is 5.91 Å². The fourth-order valence-electron chi connectivity index (χ4n) is 3.62. The third-order valence-corrected chi connectivity index (χ3v) is 5.41. The lowest BCUT2D eigenvalue weighted by molar-refractivity contribution is -0.120. The molecule has 1 atom stereocenters. The molecule has 2 aromatic carbocycles. The topological polar surface area (TPSA) is 58.1 Å². The van der Waals surface area contributed by atoms with Gasteiger partial charge < -0.3 is 10.2 Å². The van der Waals surface area contributed by atoms with Crippen LogP contribution in [0, 0.1) is 19.8 Å². The molecule has 1 aromatic heterocycles. The van der Waals surface area contributed by atoms with Gasteiger partial charge >= 0.3 is 0 Å². The van der Waals surface area contributed by atoms with E-state index in [2.05, 4.69) is 28.2 Å². The molecule has 0 saturated carbocycles. The smallest absolute Gasteiger partial charge is 0.229 e. The zero-order chi connectivity index (χ0) is 18.8. The first-order chi connectivity index (χ1) is 13.1. The number of aromatic nitrogens is 2. The number of hydrogen-bond donors (Lipinski definition) is 1. The Labute approximate surface area is 159 Å². The number of aryl methyl sites for hydroxylation is 1. The van der Waals surface area contributed by atoms with Crippen LogP contribution in [0.1, 0.15) is 24.0 Å². The first-order valence-corrected chi connectivity index (χ1v) is 9.45. The molecule has 5 heteroatoms. The van der Waals surface area contributed by atoms with Gasteiger partial charge in [0.25, 0.3) is 0 Å². The summed E-state index contributed by atoms with van der Waals surface area (Å²) in [6, 6.07) is 13.9. The average Bonchev–Trinajstić information content (AvgIpc) is 2.71. The second kappa shape index (κ2) is 7.35. The van der Waals surface area contributed by atoms with E-state index in [1.54, 1.807) is 0 Å². The van der Waals surface area contributed by atoms with Crippen LogP contribution in [-0.2, 0) is 4.79 Å². The zero-order valence-electron chi connectivity index (χ0n) is 15.8. The summed E-state index contributed by atoms with van der Waals surface area (Å²) >= 11 is 0. The van der Waals surface area contributed by atoms with E-state index >= 15 is 0 Å². The van der Waals surface area contributed by atoms with Crippen LogP contribution in [0.5, 0.6) is 0 Å². The van der Waals surface area contributed by atoms with Gasteiger partial charge in [0.1, 0.15) is 5.82 Å². The van der Waals surface area contributed by atoms with Crippen molar-refractivity contribution in [3.63, 3.8) is 0 Å². The molecule has 1 amide bonds. The van der Waals surface area contributed by atoms with Crippen LogP contribution in [0.4, 0.5) is 11.5 Å². The summed E-state index contributed by atoms with van der Waals surface area (Å²) in [7, 11) is 0. The van der Waals surface area contributed by atoms with E-state index < -0.39 is 0 Å². The highest BCUT2D eigenvalue weighted by atomic mass is 16.1. The van der Waals surface area contributed by atoms with Crippen molar-refractivity contribution in [2.75, 3.05) is 23.3 Å². The maximum atomic E-state index is 12.8. The number of benzene rings is 2. The number of carbonyl (C=O) groups excluding carboxylic acids is 1. The molecule has 2 heterocycles. The monoisotopic (exact) mass is 360 g/mol. The number of anilines is 2. The van der Waals surface area contributed by atoms with E-state index in [4.69, 9.17) is 4.98 Å². The first kappa shape index (κ1) is 17.5. The molecule has 1 N–H and O–H groups in total. The molecule has 5 nitrogen and oxygen atoms in total. The minimum atomic E-state index is -0.0491. The summed E-state index contributed by atoms with van der Waals surface area (Å²) in [6.45, 7) is 5.68. The predicted octanol–water partition coefficient (Wildman–Crippen LogP) is 4.10. The van der Waals surface area contributed by atoms with Crippen LogP contribution in [-0.4, -0.2) is 29.0 Å². The molecule has 138 valence electrons. The summed E-state index contributed by atoms with van der Waals surface area (Å²) < 4.78 is 0. The molecule has 1 aliphatic rings. The van der Waals surface area contributed by atoms with E-state index in [0.29, 0.717) is 6.54 Å². The average molecular weight is 360 g/mol. The van der Waals surface area contributed by atoms with E-state index in [-0.39, 0.29) is 11.8 Å². The van der Waals surface area contributed by atoms with Gasteiger partial charge in [-0.25, -0.2) is 4.98 Å². The standard InChI is InChI=1S/C22H24N4O/c1-15-7-5-11-18(16(15)2)25-22(27)17-8-6-12-26(14-17)21-13-23-19-9-3-4-10-20(19)24-21/h3-5,7,9-11,13,17H,6,8,12,14H2,1-2H3,(H,25,27)/t17-/m0/s1. The molecule has 0 spiro atoms. The number of piperidine rings is 1. The quantitative estimate of drug-likeness (QED) is 0.764. The van der Waals surface area contributed by atoms with Crippen molar-refractivity contribution in [2.45, 2.75) is 26.7 Å². The van der Waals surface area contributed by atoms with Crippen molar-refractivity contribution in [3.8, 4) is 0 Å². The van der Waals surface area contributed by atoms with Crippen LogP contribution in [0.2, 0.25) is 0 Å². The van der Waals surface area contributed by atoms with E-state index in [1.165, 1.54) is 5.56 Å². The second-order valence-electron chi connectivity index (χ2n) is 7.24. The Bertz CT molecular complexity index is 985. The normalized spacial score (nSPS) is 17.1. The lowest BCUT2D eigenvalue weighted by Gasteiger charge is -2.32. The summed E-state index contributed by atoms with van der Waals surface area (Å²) in [4.78, 5) is 24.3. The third kappa shape index (κ3) is 3.63. The number of para-hydroxylation sites is 2. The number of hydrogen-bond acceptors (Lipinski definition) is 4. The Morgan fingerprint density at radius 2 is 1.93 bits per heavy atom. The lowest BCUT2D eigenvalue weighted by Crippen LogP contribution is -2.41. The van der Waals surface area contributed by atoms with Gasteiger partial charge in [-0.15, -0.1) is 0 Å². The SMILES string of the molecule is Cc1cccc(NC(=O)[C@H]2CCCN(c3cnc4ccccc4n3)C2)c1C. The number of fused-ring (bicyclic) bond motifs is 1. The zero-order valence-corrected chi connectivity index (χ0v) is 15.8. The van der Waals surface area contributed by atoms with Gasteiger partial charge in [-0.05, 0) is 56.0 Å².